The fraction of sp³-hybridized carbons (Fsp3) is 0.467. The molecule has 1 unspecified atom stereocenters. The topological polar surface area (TPSA) is 76.0 Å². The predicted octanol–water partition coefficient (Wildman–Crippen LogP) is 2.32. The number of aromatic amines is 1. The zero-order valence-electron chi connectivity index (χ0n) is 11.9. The van der Waals surface area contributed by atoms with E-state index in [0.717, 1.165) is 41.5 Å². The van der Waals surface area contributed by atoms with Crippen molar-refractivity contribution >= 4 is 22.1 Å². The van der Waals surface area contributed by atoms with Gasteiger partial charge in [-0.25, -0.2) is 9.97 Å². The van der Waals surface area contributed by atoms with E-state index in [4.69, 9.17) is 4.74 Å². The zero-order chi connectivity index (χ0) is 14.4. The van der Waals surface area contributed by atoms with Gasteiger partial charge in [-0.05, 0) is 25.8 Å². The van der Waals surface area contributed by atoms with Gasteiger partial charge >= 0.3 is 0 Å². The Morgan fingerprint density at radius 3 is 3.19 bits per heavy atom. The Hall–Kier alpha value is -1.92. The van der Waals surface area contributed by atoms with Gasteiger partial charge in [0, 0.05) is 18.2 Å². The van der Waals surface area contributed by atoms with E-state index in [1.54, 1.807) is 13.1 Å². The van der Waals surface area contributed by atoms with Crippen molar-refractivity contribution in [1.29, 1.82) is 0 Å². The van der Waals surface area contributed by atoms with E-state index in [-0.39, 0.29) is 6.04 Å². The fourth-order valence-electron chi connectivity index (χ4n) is 3.20. The molecule has 110 valence electrons. The Bertz CT molecular complexity index is 784. The Balaban J connectivity index is 2.03. The second kappa shape index (κ2) is 4.82. The summed E-state index contributed by atoms with van der Waals surface area (Å²) >= 11 is 0. The molecule has 21 heavy (non-hydrogen) atoms. The van der Waals surface area contributed by atoms with Gasteiger partial charge < -0.3 is 19.4 Å². The smallest absolute Gasteiger partial charge is 0.139 e. The number of H-pyrrole nitrogens is 1. The number of ether oxygens (including phenoxy) is 1. The van der Waals surface area contributed by atoms with Crippen LogP contribution in [0.25, 0.3) is 22.1 Å². The van der Waals surface area contributed by atoms with Gasteiger partial charge in [0.05, 0.1) is 24.4 Å². The highest BCUT2D eigenvalue weighted by atomic mass is 16.5. The van der Waals surface area contributed by atoms with Crippen molar-refractivity contribution in [2.24, 2.45) is 0 Å². The maximum atomic E-state index is 10.1. The molecule has 1 aliphatic rings. The molecule has 4 heterocycles. The average Bonchev–Trinajstić information content (AvgIpc) is 3.11. The van der Waals surface area contributed by atoms with Gasteiger partial charge in [-0.3, -0.25) is 0 Å². The molecular formula is C15H18N4O2. The van der Waals surface area contributed by atoms with Crippen molar-refractivity contribution in [2.45, 2.75) is 31.9 Å². The Morgan fingerprint density at radius 2 is 2.43 bits per heavy atom. The van der Waals surface area contributed by atoms with Crippen LogP contribution in [0.3, 0.4) is 0 Å². The quantitative estimate of drug-likeness (QED) is 0.758. The molecule has 3 aromatic rings. The van der Waals surface area contributed by atoms with Gasteiger partial charge in [0.2, 0.25) is 0 Å². The molecule has 1 aliphatic heterocycles. The van der Waals surface area contributed by atoms with Crippen molar-refractivity contribution in [3.63, 3.8) is 0 Å². The second-order valence-corrected chi connectivity index (χ2v) is 5.62. The number of hydrogen-bond acceptors (Lipinski definition) is 4. The first-order valence-electron chi connectivity index (χ1n) is 7.35. The predicted molar refractivity (Wildman–Crippen MR) is 79.1 cm³/mol. The number of rotatable bonds is 2. The first-order valence-corrected chi connectivity index (χ1v) is 7.35. The molecular weight excluding hydrogens is 268 g/mol. The first kappa shape index (κ1) is 12.8. The van der Waals surface area contributed by atoms with E-state index in [1.807, 2.05) is 12.3 Å². The number of nitrogens with one attached hydrogen (secondary N) is 1. The Morgan fingerprint density at radius 1 is 1.52 bits per heavy atom. The van der Waals surface area contributed by atoms with E-state index < -0.39 is 6.10 Å². The summed E-state index contributed by atoms with van der Waals surface area (Å²) in [6.45, 7) is 3.23. The summed E-state index contributed by atoms with van der Waals surface area (Å²) in [6.07, 6.45) is 5.10. The largest absolute Gasteiger partial charge is 0.385 e. The van der Waals surface area contributed by atoms with Gasteiger partial charge in [0.25, 0.3) is 0 Å². The molecule has 6 nitrogen and oxygen atoms in total. The number of aliphatic hydroxyl groups excluding tert-OH is 1. The summed E-state index contributed by atoms with van der Waals surface area (Å²) in [6, 6.07) is 2.23. The maximum Gasteiger partial charge on any atom is 0.139 e. The minimum atomic E-state index is -0.617. The Labute approximate surface area is 121 Å². The van der Waals surface area contributed by atoms with Crippen molar-refractivity contribution in [3.8, 4) is 0 Å². The fourth-order valence-corrected chi connectivity index (χ4v) is 3.20. The van der Waals surface area contributed by atoms with E-state index in [1.165, 1.54) is 0 Å². The lowest BCUT2D eigenvalue weighted by Gasteiger charge is -2.26. The van der Waals surface area contributed by atoms with E-state index in [9.17, 15) is 5.11 Å². The third kappa shape index (κ3) is 1.94. The third-order valence-electron chi connectivity index (χ3n) is 4.14. The van der Waals surface area contributed by atoms with E-state index >= 15 is 0 Å². The van der Waals surface area contributed by atoms with Crippen molar-refractivity contribution in [3.05, 3.63) is 24.3 Å². The lowest BCUT2D eigenvalue weighted by atomic mass is 10.1. The number of nitrogens with zero attached hydrogens (tertiary/aromatic N) is 3. The highest BCUT2D eigenvalue weighted by molar-refractivity contribution is 6.01. The zero-order valence-corrected chi connectivity index (χ0v) is 11.9. The summed E-state index contributed by atoms with van der Waals surface area (Å²) < 4.78 is 7.78. The molecule has 0 aliphatic carbocycles. The molecule has 0 amide bonds. The lowest BCUT2D eigenvalue weighted by Crippen LogP contribution is -2.23. The summed E-state index contributed by atoms with van der Waals surface area (Å²) in [5.41, 5.74) is 2.70. The molecule has 0 spiro atoms. The van der Waals surface area contributed by atoms with Gasteiger partial charge in [-0.2, -0.15) is 0 Å². The maximum absolute atomic E-state index is 10.1. The van der Waals surface area contributed by atoms with Crippen LogP contribution in [0.1, 0.15) is 37.7 Å². The summed E-state index contributed by atoms with van der Waals surface area (Å²) in [5.74, 6) is 0.691. The van der Waals surface area contributed by atoms with Crippen molar-refractivity contribution in [2.75, 3.05) is 13.2 Å². The van der Waals surface area contributed by atoms with Gasteiger partial charge in [0.1, 0.15) is 23.1 Å². The number of aliphatic hydroxyl groups is 1. The number of pyridine rings is 1. The molecule has 6 heteroatoms. The van der Waals surface area contributed by atoms with Crippen LogP contribution in [0.15, 0.2) is 18.5 Å². The molecule has 0 saturated carbocycles. The van der Waals surface area contributed by atoms with Gasteiger partial charge in [-0.15, -0.1) is 0 Å². The first-order chi connectivity index (χ1) is 10.3. The Kier molecular flexibility index (Phi) is 2.94. The van der Waals surface area contributed by atoms with Crippen molar-refractivity contribution < 1.29 is 9.84 Å². The van der Waals surface area contributed by atoms with Crippen LogP contribution in [0, 0.1) is 0 Å². The van der Waals surface area contributed by atoms with Crippen LogP contribution in [-0.4, -0.2) is 37.8 Å². The molecule has 2 atom stereocenters. The minimum absolute atomic E-state index is 0.217. The summed E-state index contributed by atoms with van der Waals surface area (Å²) in [7, 11) is 0. The normalized spacial score (nSPS) is 21.1. The molecule has 0 aromatic carbocycles. The lowest BCUT2D eigenvalue weighted by molar-refractivity contribution is 0.0565. The number of aromatic nitrogens is 4. The van der Waals surface area contributed by atoms with Crippen LogP contribution in [-0.2, 0) is 4.74 Å². The minimum Gasteiger partial charge on any atom is -0.385 e. The number of fused-ring (bicyclic) bond motifs is 3. The molecule has 0 bridgehead atoms. The number of hydrogen-bond donors (Lipinski definition) is 2. The summed E-state index contributed by atoms with van der Waals surface area (Å²) in [5, 5.41) is 11.1. The van der Waals surface area contributed by atoms with Crippen LogP contribution in [0.5, 0.6) is 0 Å². The third-order valence-corrected chi connectivity index (χ3v) is 4.14. The monoisotopic (exact) mass is 286 g/mol. The number of imidazole rings is 1. The van der Waals surface area contributed by atoms with Crippen LogP contribution in [0.4, 0.5) is 0 Å². The highest BCUT2D eigenvalue weighted by Gasteiger charge is 2.25. The molecule has 0 radical (unpaired) electrons. The molecule has 1 saturated heterocycles. The van der Waals surface area contributed by atoms with Crippen LogP contribution in [0.2, 0.25) is 0 Å². The standard InChI is InChI=1S/C15H18N4O2/c1-9(20)15-18-12-7-17-14-11(4-5-16-14)13(12)19(15)10-3-2-6-21-8-10/h4-5,7,9-10,20H,2-3,6,8H2,1H3,(H,16,17)/t9-,10?/m1/s1. The highest BCUT2D eigenvalue weighted by Crippen LogP contribution is 2.32. The molecule has 2 N–H and O–H groups in total. The average molecular weight is 286 g/mol. The van der Waals surface area contributed by atoms with E-state index in [0.29, 0.717) is 12.4 Å². The molecule has 3 aromatic heterocycles. The van der Waals surface area contributed by atoms with Gasteiger partial charge in [-0.1, -0.05) is 0 Å². The van der Waals surface area contributed by atoms with E-state index in [2.05, 4.69) is 19.5 Å². The van der Waals surface area contributed by atoms with Crippen LogP contribution < -0.4 is 0 Å². The van der Waals surface area contributed by atoms with Crippen molar-refractivity contribution in [1.82, 2.24) is 19.5 Å². The SMILES string of the molecule is C[C@@H](O)c1nc2cnc3[nH]ccc3c2n1C1CCCOC1. The second-order valence-electron chi connectivity index (χ2n) is 5.62. The summed E-state index contributed by atoms with van der Waals surface area (Å²) in [4.78, 5) is 12.1. The molecule has 4 rings (SSSR count). The molecule has 1 fully saturated rings. The van der Waals surface area contributed by atoms with Crippen LogP contribution >= 0.6 is 0 Å². The van der Waals surface area contributed by atoms with Gasteiger partial charge in [0.15, 0.2) is 0 Å².